The SMILES string of the molecule is CC1CN(C(=O)[C@H]2CCCN2)CC1C(=O)O. The molecule has 2 unspecified atom stereocenters. The van der Waals surface area contributed by atoms with Gasteiger partial charge in [-0.15, -0.1) is 0 Å². The highest BCUT2D eigenvalue weighted by Gasteiger charge is 2.39. The van der Waals surface area contributed by atoms with Crippen molar-refractivity contribution in [3.8, 4) is 0 Å². The van der Waals surface area contributed by atoms with Gasteiger partial charge in [-0.25, -0.2) is 0 Å². The number of likely N-dealkylation sites (tertiary alicyclic amines) is 1. The Hall–Kier alpha value is -1.10. The summed E-state index contributed by atoms with van der Waals surface area (Å²) in [4.78, 5) is 24.7. The van der Waals surface area contributed by atoms with E-state index in [1.54, 1.807) is 4.90 Å². The Bertz CT molecular complexity index is 300. The molecule has 2 heterocycles. The van der Waals surface area contributed by atoms with Crippen molar-refractivity contribution in [1.29, 1.82) is 0 Å². The predicted molar refractivity (Wildman–Crippen MR) is 57.9 cm³/mol. The molecule has 2 saturated heterocycles. The number of aliphatic carboxylic acids is 1. The second kappa shape index (κ2) is 4.41. The molecule has 0 radical (unpaired) electrons. The van der Waals surface area contributed by atoms with Crippen molar-refractivity contribution in [2.24, 2.45) is 11.8 Å². The number of hydrogen-bond donors (Lipinski definition) is 2. The van der Waals surface area contributed by atoms with Gasteiger partial charge in [-0.1, -0.05) is 6.92 Å². The zero-order valence-electron chi connectivity index (χ0n) is 9.48. The lowest BCUT2D eigenvalue weighted by Gasteiger charge is -2.20. The number of rotatable bonds is 2. The van der Waals surface area contributed by atoms with Gasteiger partial charge in [-0.2, -0.15) is 0 Å². The van der Waals surface area contributed by atoms with Gasteiger partial charge < -0.3 is 15.3 Å². The fourth-order valence-electron chi connectivity index (χ4n) is 2.58. The number of nitrogens with one attached hydrogen (secondary N) is 1. The molecule has 3 atom stereocenters. The summed E-state index contributed by atoms with van der Waals surface area (Å²) in [7, 11) is 0. The Kier molecular flexibility index (Phi) is 3.14. The summed E-state index contributed by atoms with van der Waals surface area (Å²) < 4.78 is 0. The minimum atomic E-state index is -0.790. The van der Waals surface area contributed by atoms with Gasteiger partial charge >= 0.3 is 5.97 Å². The van der Waals surface area contributed by atoms with Gasteiger partial charge in [0.15, 0.2) is 0 Å². The minimum absolute atomic E-state index is 0.0582. The van der Waals surface area contributed by atoms with Crippen molar-refractivity contribution >= 4 is 11.9 Å². The van der Waals surface area contributed by atoms with Crippen molar-refractivity contribution in [2.75, 3.05) is 19.6 Å². The van der Waals surface area contributed by atoms with Crippen LogP contribution in [0.3, 0.4) is 0 Å². The Morgan fingerprint density at radius 2 is 2.12 bits per heavy atom. The number of amides is 1. The molecule has 5 heteroatoms. The van der Waals surface area contributed by atoms with E-state index in [2.05, 4.69) is 5.32 Å². The fourth-order valence-corrected chi connectivity index (χ4v) is 2.58. The summed E-state index contributed by atoms with van der Waals surface area (Å²) in [6.07, 6.45) is 1.91. The molecule has 0 spiro atoms. The molecule has 2 aliphatic rings. The molecule has 2 N–H and O–H groups in total. The van der Waals surface area contributed by atoms with Gasteiger partial charge in [-0.3, -0.25) is 9.59 Å². The first-order valence-corrected chi connectivity index (χ1v) is 5.84. The molecule has 0 saturated carbocycles. The highest BCUT2D eigenvalue weighted by Crippen LogP contribution is 2.24. The van der Waals surface area contributed by atoms with Gasteiger partial charge in [-0.05, 0) is 25.3 Å². The van der Waals surface area contributed by atoms with Crippen molar-refractivity contribution in [3.63, 3.8) is 0 Å². The van der Waals surface area contributed by atoms with Crippen LogP contribution in [0.25, 0.3) is 0 Å². The summed E-state index contributed by atoms with van der Waals surface area (Å²) in [5.41, 5.74) is 0. The van der Waals surface area contributed by atoms with Crippen LogP contribution in [-0.2, 0) is 9.59 Å². The fraction of sp³-hybridized carbons (Fsp3) is 0.818. The van der Waals surface area contributed by atoms with Crippen LogP contribution in [0.15, 0.2) is 0 Å². The van der Waals surface area contributed by atoms with Gasteiger partial charge in [0.05, 0.1) is 12.0 Å². The lowest BCUT2D eigenvalue weighted by molar-refractivity contribution is -0.142. The lowest BCUT2D eigenvalue weighted by Crippen LogP contribution is -2.42. The molecule has 2 aliphatic heterocycles. The van der Waals surface area contributed by atoms with E-state index in [9.17, 15) is 9.59 Å². The van der Waals surface area contributed by atoms with Crippen LogP contribution in [0, 0.1) is 11.8 Å². The monoisotopic (exact) mass is 226 g/mol. The van der Waals surface area contributed by atoms with Gasteiger partial charge in [0.25, 0.3) is 0 Å². The molecular weight excluding hydrogens is 208 g/mol. The Labute approximate surface area is 94.8 Å². The summed E-state index contributed by atoms with van der Waals surface area (Å²) in [6, 6.07) is -0.0836. The molecule has 0 bridgehead atoms. The summed E-state index contributed by atoms with van der Waals surface area (Å²) in [6.45, 7) is 3.73. The minimum Gasteiger partial charge on any atom is -0.481 e. The maximum absolute atomic E-state index is 12.0. The highest BCUT2D eigenvalue weighted by molar-refractivity contribution is 5.83. The van der Waals surface area contributed by atoms with Crippen LogP contribution in [0.5, 0.6) is 0 Å². The van der Waals surface area contributed by atoms with Crippen LogP contribution in [-0.4, -0.2) is 47.6 Å². The quantitative estimate of drug-likeness (QED) is 0.691. The van der Waals surface area contributed by atoms with Crippen molar-refractivity contribution in [3.05, 3.63) is 0 Å². The normalized spacial score (nSPS) is 34.3. The van der Waals surface area contributed by atoms with E-state index in [1.165, 1.54) is 0 Å². The summed E-state index contributed by atoms with van der Waals surface area (Å²) in [5, 5.41) is 12.1. The van der Waals surface area contributed by atoms with Crippen LogP contribution in [0.1, 0.15) is 19.8 Å². The van der Waals surface area contributed by atoms with Crippen LogP contribution >= 0.6 is 0 Å². The third kappa shape index (κ3) is 2.04. The Balaban J connectivity index is 1.96. The highest BCUT2D eigenvalue weighted by atomic mass is 16.4. The van der Waals surface area contributed by atoms with Crippen molar-refractivity contribution in [1.82, 2.24) is 10.2 Å². The van der Waals surface area contributed by atoms with E-state index in [1.807, 2.05) is 6.92 Å². The molecule has 1 amide bonds. The largest absolute Gasteiger partial charge is 0.481 e. The first-order valence-electron chi connectivity index (χ1n) is 5.84. The average molecular weight is 226 g/mol. The number of nitrogens with zero attached hydrogens (tertiary/aromatic N) is 1. The zero-order chi connectivity index (χ0) is 11.7. The second-order valence-electron chi connectivity index (χ2n) is 4.81. The average Bonchev–Trinajstić information content (AvgIpc) is 2.84. The third-order valence-electron chi connectivity index (χ3n) is 3.60. The van der Waals surface area contributed by atoms with Crippen LogP contribution < -0.4 is 5.32 Å². The summed E-state index contributed by atoms with van der Waals surface area (Å²) in [5.74, 6) is -1.05. The van der Waals surface area contributed by atoms with E-state index >= 15 is 0 Å². The number of carboxylic acid groups (broad SMARTS) is 1. The zero-order valence-corrected chi connectivity index (χ0v) is 9.48. The maximum atomic E-state index is 12.0. The first kappa shape index (κ1) is 11.4. The smallest absolute Gasteiger partial charge is 0.308 e. The number of carboxylic acids is 1. The van der Waals surface area contributed by atoms with Crippen molar-refractivity contribution in [2.45, 2.75) is 25.8 Å². The lowest BCUT2D eigenvalue weighted by atomic mass is 9.99. The van der Waals surface area contributed by atoms with E-state index in [0.29, 0.717) is 13.1 Å². The van der Waals surface area contributed by atoms with Gasteiger partial charge in [0.1, 0.15) is 0 Å². The standard InChI is InChI=1S/C11H18N2O3/c1-7-5-13(6-8(7)11(15)16)10(14)9-3-2-4-12-9/h7-9,12H,2-6H2,1H3,(H,15,16)/t7?,8?,9-/m1/s1. The number of hydrogen-bond acceptors (Lipinski definition) is 3. The first-order chi connectivity index (χ1) is 7.59. The van der Waals surface area contributed by atoms with Crippen LogP contribution in [0.2, 0.25) is 0 Å². The molecule has 2 fully saturated rings. The molecular formula is C11H18N2O3. The molecule has 5 nitrogen and oxygen atoms in total. The molecule has 0 aromatic rings. The van der Waals surface area contributed by atoms with E-state index in [0.717, 1.165) is 19.4 Å². The summed E-state index contributed by atoms with van der Waals surface area (Å²) >= 11 is 0. The Morgan fingerprint density at radius 3 is 2.62 bits per heavy atom. The molecule has 0 aromatic carbocycles. The van der Waals surface area contributed by atoms with E-state index in [4.69, 9.17) is 5.11 Å². The van der Waals surface area contributed by atoms with Crippen molar-refractivity contribution < 1.29 is 14.7 Å². The molecule has 0 aromatic heterocycles. The molecule has 2 rings (SSSR count). The predicted octanol–water partition coefficient (Wildman–Crippen LogP) is -0.0825. The van der Waals surface area contributed by atoms with E-state index < -0.39 is 11.9 Å². The topological polar surface area (TPSA) is 69.6 Å². The molecule has 0 aliphatic carbocycles. The second-order valence-corrected chi connectivity index (χ2v) is 4.81. The number of carbonyl (C=O) groups is 2. The molecule has 90 valence electrons. The van der Waals surface area contributed by atoms with Crippen LogP contribution in [0.4, 0.5) is 0 Å². The number of carbonyl (C=O) groups excluding carboxylic acids is 1. The van der Waals surface area contributed by atoms with E-state index in [-0.39, 0.29) is 17.9 Å². The molecule has 16 heavy (non-hydrogen) atoms. The maximum Gasteiger partial charge on any atom is 0.308 e. The Morgan fingerprint density at radius 1 is 1.38 bits per heavy atom. The van der Waals surface area contributed by atoms with Gasteiger partial charge in [0, 0.05) is 13.1 Å². The third-order valence-corrected chi connectivity index (χ3v) is 3.60. The van der Waals surface area contributed by atoms with Gasteiger partial charge in [0.2, 0.25) is 5.91 Å².